The summed E-state index contributed by atoms with van der Waals surface area (Å²) in [6, 6.07) is 11.2. The van der Waals surface area contributed by atoms with E-state index in [9.17, 15) is 9.18 Å². The molecule has 9 heteroatoms. The molecule has 2 heterocycles. The Kier molecular flexibility index (Phi) is 8.68. The van der Waals surface area contributed by atoms with Crippen molar-refractivity contribution in [3.05, 3.63) is 71.3 Å². The zero-order valence-corrected chi connectivity index (χ0v) is 21.8. The normalized spacial score (nSPS) is 17.5. The molecule has 3 aromatic rings. The molecule has 0 spiro atoms. The van der Waals surface area contributed by atoms with Crippen LogP contribution in [-0.4, -0.2) is 61.8 Å². The molecule has 0 amide bonds. The highest BCUT2D eigenvalue weighted by atomic mass is 19.1. The summed E-state index contributed by atoms with van der Waals surface area (Å²) in [5.41, 5.74) is 3.68. The molecular formula is C28H34FN5O3. The Balaban J connectivity index is 1.37. The van der Waals surface area contributed by atoms with E-state index in [-0.39, 0.29) is 18.2 Å². The topological polar surface area (TPSA) is 88.6 Å². The number of nitrogens with zero attached hydrogens (tertiary/aromatic N) is 3. The third kappa shape index (κ3) is 7.02. The fraction of sp³-hybridized carbons (Fsp3) is 0.393. The van der Waals surface area contributed by atoms with E-state index in [1.165, 1.54) is 13.2 Å². The van der Waals surface area contributed by atoms with Gasteiger partial charge in [-0.15, -0.1) is 0 Å². The Bertz CT molecular complexity index is 1210. The maximum absolute atomic E-state index is 14.9. The lowest BCUT2D eigenvalue weighted by Gasteiger charge is -2.37. The largest absolute Gasteiger partial charge is 0.497 e. The Labute approximate surface area is 217 Å². The maximum Gasteiger partial charge on any atom is 0.227 e. The van der Waals surface area contributed by atoms with E-state index in [0.29, 0.717) is 53.6 Å². The number of hydrogen-bond acceptors (Lipinski definition) is 8. The van der Waals surface area contributed by atoms with E-state index >= 15 is 0 Å². The molecule has 1 saturated heterocycles. The van der Waals surface area contributed by atoms with E-state index in [1.807, 2.05) is 18.2 Å². The lowest BCUT2D eigenvalue weighted by Crippen LogP contribution is -2.54. The number of aryl methyl sites for hydroxylation is 2. The molecule has 2 aromatic carbocycles. The highest BCUT2D eigenvalue weighted by Crippen LogP contribution is 2.26. The van der Waals surface area contributed by atoms with Crippen LogP contribution in [0.15, 0.2) is 48.8 Å². The summed E-state index contributed by atoms with van der Waals surface area (Å²) < 4.78 is 25.2. The minimum atomic E-state index is -0.274. The molecule has 0 radical (unpaired) electrons. The third-order valence-electron chi connectivity index (χ3n) is 6.31. The zero-order chi connectivity index (χ0) is 26.4. The van der Waals surface area contributed by atoms with E-state index in [1.54, 1.807) is 31.6 Å². The molecule has 4 rings (SSSR count). The van der Waals surface area contributed by atoms with Gasteiger partial charge < -0.3 is 25.0 Å². The highest BCUT2D eigenvalue weighted by Gasteiger charge is 2.23. The Morgan fingerprint density at radius 3 is 2.41 bits per heavy atom. The molecule has 2 N–H and O–H groups in total. The quantitative estimate of drug-likeness (QED) is 0.396. The second-order valence-electron chi connectivity index (χ2n) is 9.51. The van der Waals surface area contributed by atoms with Crippen LogP contribution in [0.25, 0.3) is 0 Å². The summed E-state index contributed by atoms with van der Waals surface area (Å²) in [4.78, 5) is 23.1. The molecule has 2 atom stereocenters. The number of carbonyl (C=O) groups is 1. The predicted molar refractivity (Wildman–Crippen MR) is 143 cm³/mol. The first kappa shape index (κ1) is 26.5. The van der Waals surface area contributed by atoms with E-state index in [2.05, 4.69) is 39.3 Å². The van der Waals surface area contributed by atoms with Crippen molar-refractivity contribution in [2.75, 3.05) is 44.1 Å². The molecule has 0 aliphatic carbocycles. The molecule has 37 heavy (non-hydrogen) atoms. The number of hydrogen-bond donors (Lipinski definition) is 2. The molecule has 1 aliphatic rings. The summed E-state index contributed by atoms with van der Waals surface area (Å²) in [5, 5.41) is 6.55. The minimum Gasteiger partial charge on any atom is -0.497 e. The van der Waals surface area contributed by atoms with Crippen molar-refractivity contribution in [2.45, 2.75) is 38.8 Å². The molecule has 0 saturated carbocycles. The van der Waals surface area contributed by atoms with Crippen molar-refractivity contribution in [3.63, 3.8) is 0 Å². The molecule has 1 aromatic heterocycles. The predicted octanol–water partition coefficient (Wildman–Crippen LogP) is 4.17. The average molecular weight is 508 g/mol. The SMILES string of the molecule is COCC(=O)c1cc(CCc2cnc(Nc3ccc(N4C[C@@H](C)N[C@@H](C)C4)c(F)c3)nc2)cc(OC)c1. The standard InChI is InChI=1S/C28H34FN5O3/c1-18-15-34(16-19(2)32-18)26-8-7-23(12-25(26)29)33-28-30-13-21(14-31-28)6-5-20-9-22(27(35)17-36-3)11-24(10-20)37-4/h7-14,18-19,32H,5-6,15-17H2,1-4H3,(H,30,31,33)/t18-,19+. The van der Waals surface area contributed by atoms with Gasteiger partial charge in [0.25, 0.3) is 0 Å². The second-order valence-corrected chi connectivity index (χ2v) is 9.51. The van der Waals surface area contributed by atoms with Gasteiger partial charge in [0.05, 0.1) is 12.8 Å². The highest BCUT2D eigenvalue weighted by molar-refractivity contribution is 5.97. The number of benzene rings is 2. The number of ketones is 1. The van der Waals surface area contributed by atoms with Gasteiger partial charge in [-0.25, -0.2) is 14.4 Å². The van der Waals surface area contributed by atoms with Gasteiger partial charge in [-0.3, -0.25) is 4.79 Å². The van der Waals surface area contributed by atoms with Crippen molar-refractivity contribution in [2.24, 2.45) is 0 Å². The van der Waals surface area contributed by atoms with Gasteiger partial charge in [0.15, 0.2) is 5.78 Å². The molecule has 196 valence electrons. The van der Waals surface area contributed by atoms with Crippen molar-refractivity contribution in [3.8, 4) is 5.75 Å². The van der Waals surface area contributed by atoms with Crippen LogP contribution in [0.2, 0.25) is 0 Å². The molecule has 0 bridgehead atoms. The second kappa shape index (κ2) is 12.1. The Morgan fingerprint density at radius 1 is 1.05 bits per heavy atom. The summed E-state index contributed by atoms with van der Waals surface area (Å²) in [6.45, 7) is 5.76. The molecule has 8 nitrogen and oxygen atoms in total. The van der Waals surface area contributed by atoms with Crippen LogP contribution in [0.1, 0.15) is 35.3 Å². The van der Waals surface area contributed by atoms with Crippen molar-refractivity contribution < 1.29 is 18.7 Å². The molecule has 1 fully saturated rings. The van der Waals surface area contributed by atoms with Gasteiger partial charge >= 0.3 is 0 Å². The zero-order valence-electron chi connectivity index (χ0n) is 21.8. The van der Waals surface area contributed by atoms with Crippen LogP contribution in [-0.2, 0) is 17.6 Å². The lowest BCUT2D eigenvalue weighted by molar-refractivity contribution is 0.0847. The molecule has 0 unspecified atom stereocenters. The number of carbonyl (C=O) groups excluding carboxylic acids is 1. The lowest BCUT2D eigenvalue weighted by atomic mass is 10.0. The number of nitrogens with one attached hydrogen (secondary N) is 2. The Hall–Kier alpha value is -3.56. The van der Waals surface area contributed by atoms with Crippen molar-refractivity contribution >= 4 is 23.1 Å². The van der Waals surface area contributed by atoms with Crippen LogP contribution in [0.5, 0.6) is 5.75 Å². The van der Waals surface area contributed by atoms with Gasteiger partial charge in [0.2, 0.25) is 5.95 Å². The van der Waals surface area contributed by atoms with E-state index < -0.39 is 0 Å². The molecular weight excluding hydrogens is 473 g/mol. The number of piperazine rings is 1. The monoisotopic (exact) mass is 507 g/mol. The maximum atomic E-state index is 14.9. The first-order valence-electron chi connectivity index (χ1n) is 12.4. The number of anilines is 3. The van der Waals surface area contributed by atoms with E-state index in [4.69, 9.17) is 9.47 Å². The van der Waals surface area contributed by atoms with Crippen LogP contribution >= 0.6 is 0 Å². The number of methoxy groups -OCH3 is 2. The van der Waals surface area contributed by atoms with Crippen molar-refractivity contribution in [1.29, 1.82) is 0 Å². The number of aromatic nitrogens is 2. The fourth-order valence-electron chi connectivity index (χ4n) is 4.63. The van der Waals surface area contributed by atoms with Gasteiger partial charge in [0.1, 0.15) is 18.2 Å². The first-order chi connectivity index (χ1) is 17.8. The average Bonchev–Trinajstić information content (AvgIpc) is 2.87. The summed E-state index contributed by atoms with van der Waals surface area (Å²) in [5.74, 6) is 0.661. The number of Topliss-reactive ketones (excluding diaryl/α,β-unsaturated/α-hetero) is 1. The summed E-state index contributed by atoms with van der Waals surface area (Å²) >= 11 is 0. The molecule has 1 aliphatic heterocycles. The first-order valence-corrected chi connectivity index (χ1v) is 12.4. The third-order valence-corrected chi connectivity index (χ3v) is 6.31. The fourth-order valence-corrected chi connectivity index (χ4v) is 4.63. The van der Waals surface area contributed by atoms with Gasteiger partial charge in [-0.2, -0.15) is 0 Å². The van der Waals surface area contributed by atoms with Crippen LogP contribution in [0, 0.1) is 5.82 Å². The number of rotatable bonds is 10. The number of ether oxygens (including phenoxy) is 2. The summed E-state index contributed by atoms with van der Waals surface area (Å²) in [7, 11) is 3.08. The minimum absolute atomic E-state index is 0.0235. The summed E-state index contributed by atoms with van der Waals surface area (Å²) in [6.07, 6.45) is 4.88. The number of halogens is 1. The Morgan fingerprint density at radius 2 is 1.76 bits per heavy atom. The van der Waals surface area contributed by atoms with Gasteiger partial charge in [0, 0.05) is 55.9 Å². The van der Waals surface area contributed by atoms with Crippen LogP contribution in [0.3, 0.4) is 0 Å². The van der Waals surface area contributed by atoms with Crippen LogP contribution in [0.4, 0.5) is 21.7 Å². The van der Waals surface area contributed by atoms with Crippen molar-refractivity contribution in [1.82, 2.24) is 15.3 Å². The van der Waals surface area contributed by atoms with E-state index in [0.717, 1.165) is 24.2 Å². The van der Waals surface area contributed by atoms with Crippen LogP contribution < -0.4 is 20.3 Å². The van der Waals surface area contributed by atoms with Gasteiger partial charge in [-0.05, 0) is 74.2 Å². The smallest absolute Gasteiger partial charge is 0.227 e. The van der Waals surface area contributed by atoms with Gasteiger partial charge in [-0.1, -0.05) is 0 Å².